The maximum absolute atomic E-state index is 11.9. The van der Waals surface area contributed by atoms with Crippen LogP contribution in [0.5, 0.6) is 0 Å². The molecule has 0 radical (unpaired) electrons. The standard InChI is InChI=1S/C15H21BrN2O/c1-11(12-5-2-3-6-12)17-10-15(19)18-14-8-4-7-13(16)9-14/h4,7-9,11-12,17H,2-3,5-6,10H2,1H3,(H,18,19)/t11-/m0/s1. The Morgan fingerprint density at radius 2 is 2.16 bits per heavy atom. The molecule has 0 saturated heterocycles. The molecule has 104 valence electrons. The second kappa shape index (κ2) is 7.06. The molecule has 0 spiro atoms. The molecule has 1 atom stereocenters. The van der Waals surface area contributed by atoms with E-state index in [9.17, 15) is 4.79 Å². The molecule has 0 unspecified atom stereocenters. The number of nitrogens with one attached hydrogen (secondary N) is 2. The van der Waals surface area contributed by atoms with Crippen LogP contribution in [0.25, 0.3) is 0 Å². The number of hydrogen-bond donors (Lipinski definition) is 2. The summed E-state index contributed by atoms with van der Waals surface area (Å²) in [6.07, 6.45) is 5.25. The van der Waals surface area contributed by atoms with Gasteiger partial charge in [0.25, 0.3) is 0 Å². The Hall–Kier alpha value is -0.870. The van der Waals surface area contributed by atoms with E-state index < -0.39 is 0 Å². The highest BCUT2D eigenvalue weighted by molar-refractivity contribution is 9.10. The molecular formula is C15H21BrN2O. The van der Waals surface area contributed by atoms with Gasteiger partial charge in [-0.25, -0.2) is 0 Å². The minimum absolute atomic E-state index is 0.0166. The fourth-order valence-corrected chi connectivity index (χ4v) is 3.05. The van der Waals surface area contributed by atoms with E-state index in [1.165, 1.54) is 25.7 Å². The molecule has 1 aromatic carbocycles. The van der Waals surface area contributed by atoms with E-state index in [1.807, 2.05) is 24.3 Å². The van der Waals surface area contributed by atoms with Crippen LogP contribution in [0, 0.1) is 5.92 Å². The highest BCUT2D eigenvalue weighted by atomic mass is 79.9. The van der Waals surface area contributed by atoms with Gasteiger partial charge in [-0.2, -0.15) is 0 Å². The summed E-state index contributed by atoms with van der Waals surface area (Å²) in [5.74, 6) is 0.751. The van der Waals surface area contributed by atoms with Crippen molar-refractivity contribution in [1.29, 1.82) is 0 Å². The smallest absolute Gasteiger partial charge is 0.238 e. The van der Waals surface area contributed by atoms with Crippen molar-refractivity contribution in [3.8, 4) is 0 Å². The molecule has 1 aliphatic rings. The first-order chi connectivity index (χ1) is 9.15. The zero-order valence-corrected chi connectivity index (χ0v) is 12.9. The predicted octanol–water partition coefficient (Wildman–Crippen LogP) is 3.56. The lowest BCUT2D eigenvalue weighted by Crippen LogP contribution is -2.38. The van der Waals surface area contributed by atoms with Crippen LogP contribution in [0.4, 0.5) is 5.69 Å². The van der Waals surface area contributed by atoms with Crippen LogP contribution >= 0.6 is 15.9 Å². The van der Waals surface area contributed by atoms with Crippen molar-refractivity contribution in [3.05, 3.63) is 28.7 Å². The molecule has 1 aliphatic carbocycles. The third-order valence-corrected chi connectivity index (χ3v) is 4.29. The number of anilines is 1. The van der Waals surface area contributed by atoms with E-state index in [0.29, 0.717) is 12.6 Å². The lowest BCUT2D eigenvalue weighted by atomic mass is 10.00. The van der Waals surface area contributed by atoms with E-state index >= 15 is 0 Å². The molecular weight excluding hydrogens is 304 g/mol. The topological polar surface area (TPSA) is 41.1 Å². The van der Waals surface area contributed by atoms with Crippen LogP contribution in [0.2, 0.25) is 0 Å². The number of carbonyl (C=O) groups excluding carboxylic acids is 1. The first-order valence-electron chi connectivity index (χ1n) is 6.94. The molecule has 0 bridgehead atoms. The summed E-state index contributed by atoms with van der Waals surface area (Å²) in [5, 5.41) is 6.23. The average molecular weight is 325 g/mol. The first-order valence-corrected chi connectivity index (χ1v) is 7.73. The van der Waals surface area contributed by atoms with Gasteiger partial charge >= 0.3 is 0 Å². The van der Waals surface area contributed by atoms with Crippen molar-refractivity contribution in [1.82, 2.24) is 5.32 Å². The third kappa shape index (κ3) is 4.62. The average Bonchev–Trinajstić information content (AvgIpc) is 2.90. The van der Waals surface area contributed by atoms with Gasteiger partial charge in [0.2, 0.25) is 5.91 Å². The number of amides is 1. The van der Waals surface area contributed by atoms with Crippen molar-refractivity contribution >= 4 is 27.5 Å². The molecule has 0 heterocycles. The maximum Gasteiger partial charge on any atom is 0.238 e. The van der Waals surface area contributed by atoms with E-state index in [4.69, 9.17) is 0 Å². The van der Waals surface area contributed by atoms with Crippen molar-refractivity contribution in [2.24, 2.45) is 5.92 Å². The summed E-state index contributed by atoms with van der Waals surface area (Å²) in [6, 6.07) is 8.07. The lowest BCUT2D eigenvalue weighted by Gasteiger charge is -2.20. The largest absolute Gasteiger partial charge is 0.325 e. The lowest BCUT2D eigenvalue weighted by molar-refractivity contribution is -0.115. The minimum Gasteiger partial charge on any atom is -0.325 e. The van der Waals surface area contributed by atoms with Crippen molar-refractivity contribution < 1.29 is 4.79 Å². The Balaban J connectivity index is 1.75. The van der Waals surface area contributed by atoms with Crippen LogP contribution in [-0.2, 0) is 4.79 Å². The first kappa shape index (κ1) is 14.5. The zero-order valence-electron chi connectivity index (χ0n) is 11.3. The SMILES string of the molecule is C[C@H](NCC(=O)Nc1cccc(Br)c1)C1CCCC1. The van der Waals surface area contributed by atoms with Gasteiger partial charge in [-0.1, -0.05) is 34.8 Å². The number of benzene rings is 1. The molecule has 1 aromatic rings. The quantitative estimate of drug-likeness (QED) is 0.869. The Bertz CT molecular complexity index is 430. The fraction of sp³-hybridized carbons (Fsp3) is 0.533. The molecule has 0 aromatic heterocycles. The zero-order chi connectivity index (χ0) is 13.7. The van der Waals surface area contributed by atoms with Gasteiger partial charge in [0, 0.05) is 16.2 Å². The van der Waals surface area contributed by atoms with Gasteiger partial charge < -0.3 is 10.6 Å². The van der Waals surface area contributed by atoms with Gasteiger partial charge in [0.1, 0.15) is 0 Å². The summed E-state index contributed by atoms with van der Waals surface area (Å²) < 4.78 is 0.970. The van der Waals surface area contributed by atoms with Gasteiger partial charge in [-0.05, 0) is 43.9 Å². The second-order valence-electron chi connectivity index (χ2n) is 5.27. The van der Waals surface area contributed by atoms with Gasteiger partial charge in [0.05, 0.1) is 6.54 Å². The van der Waals surface area contributed by atoms with Crippen molar-refractivity contribution in [2.75, 3.05) is 11.9 Å². The normalized spacial score (nSPS) is 17.4. The van der Waals surface area contributed by atoms with Crippen molar-refractivity contribution in [2.45, 2.75) is 38.6 Å². The third-order valence-electron chi connectivity index (χ3n) is 3.80. The molecule has 2 rings (SSSR count). The molecule has 0 aliphatic heterocycles. The van der Waals surface area contributed by atoms with E-state index in [-0.39, 0.29) is 5.91 Å². The van der Waals surface area contributed by atoms with Gasteiger partial charge in [0.15, 0.2) is 0 Å². The Morgan fingerprint density at radius 1 is 1.42 bits per heavy atom. The number of halogens is 1. The molecule has 4 heteroatoms. The summed E-state index contributed by atoms with van der Waals surface area (Å²) >= 11 is 3.39. The monoisotopic (exact) mass is 324 g/mol. The summed E-state index contributed by atoms with van der Waals surface area (Å²) in [7, 11) is 0. The Kier molecular flexibility index (Phi) is 5.40. The molecule has 3 nitrogen and oxygen atoms in total. The summed E-state index contributed by atoms with van der Waals surface area (Å²) in [5.41, 5.74) is 0.828. The molecule has 1 saturated carbocycles. The summed E-state index contributed by atoms with van der Waals surface area (Å²) in [4.78, 5) is 11.9. The number of carbonyl (C=O) groups is 1. The Morgan fingerprint density at radius 3 is 2.84 bits per heavy atom. The van der Waals surface area contributed by atoms with Crippen LogP contribution in [0.1, 0.15) is 32.6 Å². The van der Waals surface area contributed by atoms with E-state index in [0.717, 1.165) is 16.1 Å². The molecule has 1 fully saturated rings. The minimum atomic E-state index is 0.0166. The fourth-order valence-electron chi connectivity index (χ4n) is 2.65. The predicted molar refractivity (Wildman–Crippen MR) is 82.2 cm³/mol. The van der Waals surface area contributed by atoms with Crippen LogP contribution in [0.15, 0.2) is 28.7 Å². The highest BCUT2D eigenvalue weighted by Gasteiger charge is 2.21. The highest BCUT2D eigenvalue weighted by Crippen LogP contribution is 2.27. The summed E-state index contributed by atoms with van der Waals surface area (Å²) in [6.45, 7) is 2.56. The second-order valence-corrected chi connectivity index (χ2v) is 6.19. The molecule has 1 amide bonds. The Labute approximate surface area is 123 Å². The van der Waals surface area contributed by atoms with E-state index in [2.05, 4.69) is 33.5 Å². The van der Waals surface area contributed by atoms with Gasteiger partial charge in [-0.3, -0.25) is 4.79 Å². The van der Waals surface area contributed by atoms with Crippen LogP contribution in [0.3, 0.4) is 0 Å². The molecule has 2 N–H and O–H groups in total. The molecule has 19 heavy (non-hydrogen) atoms. The van der Waals surface area contributed by atoms with Crippen molar-refractivity contribution in [3.63, 3.8) is 0 Å². The van der Waals surface area contributed by atoms with Crippen LogP contribution < -0.4 is 10.6 Å². The van der Waals surface area contributed by atoms with E-state index in [1.54, 1.807) is 0 Å². The number of hydrogen-bond acceptors (Lipinski definition) is 2. The number of rotatable bonds is 5. The van der Waals surface area contributed by atoms with Crippen LogP contribution in [-0.4, -0.2) is 18.5 Å². The maximum atomic E-state index is 11.9. The van der Waals surface area contributed by atoms with Gasteiger partial charge in [-0.15, -0.1) is 0 Å².